The minimum absolute atomic E-state index is 0.0179. The average molecular weight is 467 g/mol. The SMILES string of the molecule is O=c1ccc2c([nH]1)CCC[C@@H]2NCCCCCCCCCCN[C@H]1CCCc2[nH]c(=O)ccc21. The monoisotopic (exact) mass is 466 g/mol. The molecule has 0 spiro atoms. The van der Waals surface area contributed by atoms with E-state index in [1.807, 2.05) is 12.1 Å². The molecule has 4 N–H and O–H groups in total. The first-order chi connectivity index (χ1) is 16.7. The van der Waals surface area contributed by atoms with Crippen molar-refractivity contribution in [2.24, 2.45) is 0 Å². The van der Waals surface area contributed by atoms with E-state index in [1.165, 1.54) is 75.3 Å². The molecule has 0 radical (unpaired) electrons. The molecular formula is C28H42N4O2. The molecule has 6 nitrogen and oxygen atoms in total. The first kappa shape index (κ1) is 24.9. The molecule has 0 amide bonds. The number of pyridine rings is 2. The van der Waals surface area contributed by atoms with Crippen LogP contribution in [0.2, 0.25) is 0 Å². The van der Waals surface area contributed by atoms with Crippen molar-refractivity contribution in [3.8, 4) is 0 Å². The molecule has 0 saturated carbocycles. The highest BCUT2D eigenvalue weighted by molar-refractivity contribution is 5.27. The van der Waals surface area contributed by atoms with E-state index in [-0.39, 0.29) is 11.1 Å². The molecule has 0 saturated heterocycles. The second-order valence-corrected chi connectivity index (χ2v) is 10.1. The lowest BCUT2D eigenvalue weighted by molar-refractivity contribution is 0.438. The zero-order chi connectivity index (χ0) is 23.6. The summed E-state index contributed by atoms with van der Waals surface area (Å²) in [5, 5.41) is 7.42. The molecule has 2 aliphatic carbocycles. The summed E-state index contributed by atoms with van der Waals surface area (Å²) in [5.41, 5.74) is 4.89. The van der Waals surface area contributed by atoms with Crippen molar-refractivity contribution in [2.75, 3.05) is 13.1 Å². The summed E-state index contributed by atoms with van der Waals surface area (Å²) in [5.74, 6) is 0. The van der Waals surface area contributed by atoms with Gasteiger partial charge in [0.25, 0.3) is 0 Å². The zero-order valence-electron chi connectivity index (χ0n) is 20.6. The van der Waals surface area contributed by atoms with Gasteiger partial charge in [-0.1, -0.05) is 50.7 Å². The predicted octanol–water partition coefficient (Wildman–Crippen LogP) is 4.82. The van der Waals surface area contributed by atoms with Crippen LogP contribution in [0.15, 0.2) is 33.9 Å². The van der Waals surface area contributed by atoms with Crippen molar-refractivity contribution in [2.45, 2.75) is 102 Å². The lowest BCUT2D eigenvalue weighted by Gasteiger charge is -2.26. The van der Waals surface area contributed by atoms with Crippen LogP contribution in [0.25, 0.3) is 0 Å². The molecule has 0 bridgehead atoms. The Morgan fingerprint density at radius 2 is 1.03 bits per heavy atom. The molecular weight excluding hydrogens is 424 g/mol. The van der Waals surface area contributed by atoms with Crippen LogP contribution < -0.4 is 21.8 Å². The molecule has 186 valence electrons. The van der Waals surface area contributed by atoms with Gasteiger partial charge in [-0.05, 0) is 75.6 Å². The van der Waals surface area contributed by atoms with Gasteiger partial charge in [0, 0.05) is 35.6 Å². The Labute approximate surface area is 203 Å². The van der Waals surface area contributed by atoms with Crippen LogP contribution in [0.5, 0.6) is 0 Å². The van der Waals surface area contributed by atoms with Crippen LogP contribution in [-0.4, -0.2) is 23.1 Å². The fourth-order valence-electron chi connectivity index (χ4n) is 5.69. The van der Waals surface area contributed by atoms with Gasteiger partial charge in [-0.3, -0.25) is 9.59 Å². The van der Waals surface area contributed by atoms with E-state index in [0.29, 0.717) is 12.1 Å². The first-order valence-corrected chi connectivity index (χ1v) is 13.6. The van der Waals surface area contributed by atoms with Gasteiger partial charge in [-0.15, -0.1) is 0 Å². The lowest BCUT2D eigenvalue weighted by atomic mass is 9.91. The number of aromatic nitrogens is 2. The van der Waals surface area contributed by atoms with Gasteiger partial charge >= 0.3 is 0 Å². The fraction of sp³-hybridized carbons (Fsp3) is 0.643. The van der Waals surface area contributed by atoms with Crippen molar-refractivity contribution in [1.29, 1.82) is 0 Å². The molecule has 0 aromatic carbocycles. The van der Waals surface area contributed by atoms with E-state index in [1.54, 1.807) is 12.1 Å². The van der Waals surface area contributed by atoms with Crippen LogP contribution in [0.4, 0.5) is 0 Å². The third kappa shape index (κ3) is 7.16. The summed E-state index contributed by atoms with van der Waals surface area (Å²) in [6, 6.07) is 8.14. The van der Waals surface area contributed by atoms with Crippen LogP contribution >= 0.6 is 0 Å². The Morgan fingerprint density at radius 3 is 1.47 bits per heavy atom. The second-order valence-electron chi connectivity index (χ2n) is 10.1. The number of nitrogens with one attached hydrogen (secondary N) is 4. The van der Waals surface area contributed by atoms with E-state index in [9.17, 15) is 9.59 Å². The van der Waals surface area contributed by atoms with Gasteiger partial charge in [0.1, 0.15) is 0 Å². The van der Waals surface area contributed by atoms with Gasteiger partial charge < -0.3 is 20.6 Å². The molecule has 0 aliphatic heterocycles. The smallest absolute Gasteiger partial charge is 0.248 e. The summed E-state index contributed by atoms with van der Waals surface area (Å²) >= 11 is 0. The number of aryl methyl sites for hydroxylation is 2. The topological polar surface area (TPSA) is 89.8 Å². The van der Waals surface area contributed by atoms with Crippen molar-refractivity contribution in [3.05, 3.63) is 67.5 Å². The molecule has 0 unspecified atom stereocenters. The molecule has 4 rings (SSSR count). The summed E-state index contributed by atoms with van der Waals surface area (Å²) in [6.45, 7) is 2.13. The third-order valence-electron chi connectivity index (χ3n) is 7.55. The Balaban J connectivity index is 0.996. The van der Waals surface area contributed by atoms with Crippen molar-refractivity contribution in [1.82, 2.24) is 20.6 Å². The number of rotatable bonds is 13. The number of hydrogen-bond donors (Lipinski definition) is 4. The normalized spacial score (nSPS) is 19.5. The highest BCUT2D eigenvalue weighted by atomic mass is 16.1. The van der Waals surface area contributed by atoms with Crippen LogP contribution in [0.1, 0.15) is 112 Å². The molecule has 6 heteroatoms. The third-order valence-corrected chi connectivity index (χ3v) is 7.55. The van der Waals surface area contributed by atoms with Gasteiger partial charge in [-0.2, -0.15) is 0 Å². The van der Waals surface area contributed by atoms with E-state index in [0.717, 1.165) is 50.2 Å². The number of unbranched alkanes of at least 4 members (excludes halogenated alkanes) is 7. The molecule has 34 heavy (non-hydrogen) atoms. The molecule has 2 aliphatic rings. The van der Waals surface area contributed by atoms with E-state index in [2.05, 4.69) is 20.6 Å². The van der Waals surface area contributed by atoms with Gasteiger partial charge in [0.05, 0.1) is 0 Å². The summed E-state index contributed by atoms with van der Waals surface area (Å²) < 4.78 is 0. The lowest BCUT2D eigenvalue weighted by Crippen LogP contribution is -2.28. The Kier molecular flexibility index (Phi) is 9.57. The Morgan fingerprint density at radius 1 is 0.618 bits per heavy atom. The van der Waals surface area contributed by atoms with Crippen molar-refractivity contribution >= 4 is 0 Å². The minimum Gasteiger partial charge on any atom is -0.326 e. The number of fused-ring (bicyclic) bond motifs is 2. The maximum atomic E-state index is 11.5. The summed E-state index contributed by atoms with van der Waals surface area (Å²) in [4.78, 5) is 29.1. The zero-order valence-corrected chi connectivity index (χ0v) is 20.6. The minimum atomic E-state index is 0.0179. The largest absolute Gasteiger partial charge is 0.326 e. The van der Waals surface area contributed by atoms with E-state index < -0.39 is 0 Å². The predicted molar refractivity (Wildman–Crippen MR) is 138 cm³/mol. The number of hydrogen-bond acceptors (Lipinski definition) is 4. The standard InChI is InChI=1S/C28H42N4O2/c33-27-17-15-21-23(11-9-13-25(21)31-27)29-19-7-5-3-1-2-4-6-8-20-30-24-12-10-14-26-22(24)16-18-28(34)32-26/h15-18,23-24,29-30H,1-14,19-20H2,(H,31,33)(H,32,34)/t23-,24-/m0/s1. The van der Waals surface area contributed by atoms with Gasteiger partial charge in [0.15, 0.2) is 0 Å². The number of H-pyrrole nitrogens is 2. The maximum Gasteiger partial charge on any atom is 0.248 e. The Hall–Kier alpha value is -2.18. The van der Waals surface area contributed by atoms with Crippen LogP contribution in [-0.2, 0) is 12.8 Å². The summed E-state index contributed by atoms with van der Waals surface area (Å²) in [6.07, 6.45) is 17.0. The van der Waals surface area contributed by atoms with E-state index in [4.69, 9.17) is 0 Å². The highest BCUT2D eigenvalue weighted by Crippen LogP contribution is 2.28. The molecule has 2 aromatic heterocycles. The summed E-state index contributed by atoms with van der Waals surface area (Å²) in [7, 11) is 0. The molecule has 2 aromatic rings. The Bertz CT molecular complexity index is 930. The molecule has 2 heterocycles. The second kappa shape index (κ2) is 13.1. The quantitative estimate of drug-likeness (QED) is 0.319. The molecule has 2 atom stereocenters. The maximum absolute atomic E-state index is 11.5. The average Bonchev–Trinajstić information content (AvgIpc) is 2.84. The highest BCUT2D eigenvalue weighted by Gasteiger charge is 2.21. The fourth-order valence-corrected chi connectivity index (χ4v) is 5.69. The van der Waals surface area contributed by atoms with E-state index >= 15 is 0 Å². The number of aromatic amines is 2. The first-order valence-electron chi connectivity index (χ1n) is 13.6. The van der Waals surface area contributed by atoms with Crippen molar-refractivity contribution in [3.63, 3.8) is 0 Å². The van der Waals surface area contributed by atoms with Crippen LogP contribution in [0, 0.1) is 0 Å². The van der Waals surface area contributed by atoms with Gasteiger partial charge in [0.2, 0.25) is 11.1 Å². The van der Waals surface area contributed by atoms with Crippen molar-refractivity contribution < 1.29 is 0 Å². The van der Waals surface area contributed by atoms with Crippen LogP contribution in [0.3, 0.4) is 0 Å². The molecule has 0 fully saturated rings. The van der Waals surface area contributed by atoms with Gasteiger partial charge in [-0.25, -0.2) is 0 Å².